The summed E-state index contributed by atoms with van der Waals surface area (Å²) in [5.74, 6) is 0.172. The van der Waals surface area contributed by atoms with Crippen molar-refractivity contribution in [2.45, 2.75) is 63.6 Å². The minimum atomic E-state index is -0.671. The van der Waals surface area contributed by atoms with Crippen molar-refractivity contribution in [3.63, 3.8) is 0 Å². The van der Waals surface area contributed by atoms with Crippen LogP contribution < -0.4 is 10.1 Å². The van der Waals surface area contributed by atoms with E-state index in [2.05, 4.69) is 5.32 Å². The van der Waals surface area contributed by atoms with E-state index in [1.165, 1.54) is 12.1 Å². The van der Waals surface area contributed by atoms with Crippen LogP contribution in [0, 0.1) is 5.82 Å². The molecular formula is C31H35FN2O3. The van der Waals surface area contributed by atoms with Crippen LogP contribution in [0.15, 0.2) is 84.9 Å². The third-order valence-electron chi connectivity index (χ3n) is 6.79. The lowest BCUT2D eigenvalue weighted by atomic mass is 10.0. The zero-order valence-electron chi connectivity index (χ0n) is 21.2. The fourth-order valence-electron chi connectivity index (χ4n) is 4.78. The Morgan fingerprint density at radius 1 is 0.892 bits per heavy atom. The van der Waals surface area contributed by atoms with Gasteiger partial charge >= 0.3 is 0 Å². The van der Waals surface area contributed by atoms with Crippen molar-refractivity contribution in [2.75, 3.05) is 6.61 Å². The summed E-state index contributed by atoms with van der Waals surface area (Å²) in [7, 11) is 0. The number of halogens is 1. The lowest BCUT2D eigenvalue weighted by Gasteiger charge is -2.32. The highest BCUT2D eigenvalue weighted by atomic mass is 19.1. The van der Waals surface area contributed by atoms with Crippen molar-refractivity contribution in [1.82, 2.24) is 10.2 Å². The first-order chi connectivity index (χ1) is 18.1. The van der Waals surface area contributed by atoms with E-state index in [0.717, 1.165) is 42.6 Å². The van der Waals surface area contributed by atoms with E-state index in [-0.39, 0.29) is 36.6 Å². The molecule has 0 aromatic heterocycles. The smallest absolute Gasteiger partial charge is 0.243 e. The highest BCUT2D eigenvalue weighted by molar-refractivity contribution is 5.88. The summed E-state index contributed by atoms with van der Waals surface area (Å²) in [5, 5.41) is 3.20. The van der Waals surface area contributed by atoms with E-state index in [9.17, 15) is 14.0 Å². The third kappa shape index (κ3) is 8.17. The number of benzene rings is 3. The van der Waals surface area contributed by atoms with Gasteiger partial charge in [0, 0.05) is 25.4 Å². The maximum absolute atomic E-state index is 13.6. The molecule has 0 saturated heterocycles. The van der Waals surface area contributed by atoms with Gasteiger partial charge in [-0.2, -0.15) is 0 Å². The minimum Gasteiger partial charge on any atom is -0.494 e. The van der Waals surface area contributed by atoms with E-state index in [1.807, 2.05) is 60.7 Å². The summed E-state index contributed by atoms with van der Waals surface area (Å²) in [6.45, 7) is 0.631. The molecule has 6 heteroatoms. The predicted octanol–water partition coefficient (Wildman–Crippen LogP) is 5.68. The van der Waals surface area contributed by atoms with Crippen LogP contribution in [0.1, 0.15) is 49.7 Å². The van der Waals surface area contributed by atoms with Crippen molar-refractivity contribution < 1.29 is 18.7 Å². The molecule has 0 bridgehead atoms. The average molecular weight is 503 g/mol. The van der Waals surface area contributed by atoms with Gasteiger partial charge in [0.2, 0.25) is 11.8 Å². The second-order valence-corrected chi connectivity index (χ2v) is 9.61. The molecule has 3 aromatic carbocycles. The first kappa shape index (κ1) is 26.4. The molecule has 1 N–H and O–H groups in total. The molecule has 1 aliphatic carbocycles. The highest BCUT2D eigenvalue weighted by Gasteiger charge is 2.32. The summed E-state index contributed by atoms with van der Waals surface area (Å²) >= 11 is 0. The van der Waals surface area contributed by atoms with Crippen LogP contribution in [0.5, 0.6) is 5.75 Å². The molecule has 4 rings (SSSR count). The summed E-state index contributed by atoms with van der Waals surface area (Å²) < 4.78 is 19.3. The average Bonchev–Trinajstić information content (AvgIpc) is 3.44. The first-order valence-electron chi connectivity index (χ1n) is 13.1. The predicted molar refractivity (Wildman–Crippen MR) is 142 cm³/mol. The van der Waals surface area contributed by atoms with Crippen LogP contribution in [0.3, 0.4) is 0 Å². The number of hydrogen-bond acceptors (Lipinski definition) is 3. The van der Waals surface area contributed by atoms with E-state index in [1.54, 1.807) is 17.0 Å². The number of nitrogens with one attached hydrogen (secondary N) is 1. The van der Waals surface area contributed by atoms with Gasteiger partial charge in [-0.25, -0.2) is 4.39 Å². The van der Waals surface area contributed by atoms with Crippen molar-refractivity contribution in [1.29, 1.82) is 0 Å². The molecule has 37 heavy (non-hydrogen) atoms. The summed E-state index contributed by atoms with van der Waals surface area (Å²) in [6.07, 6.45) is 5.32. The third-order valence-corrected chi connectivity index (χ3v) is 6.79. The second kappa shape index (κ2) is 13.6. The number of carbonyl (C=O) groups is 2. The normalized spacial score (nSPS) is 14.2. The van der Waals surface area contributed by atoms with Crippen LogP contribution >= 0.6 is 0 Å². The summed E-state index contributed by atoms with van der Waals surface area (Å²) in [4.78, 5) is 28.9. The van der Waals surface area contributed by atoms with Crippen LogP contribution in [0.2, 0.25) is 0 Å². The number of ether oxygens (including phenoxy) is 1. The Morgan fingerprint density at radius 3 is 2.22 bits per heavy atom. The Hall–Kier alpha value is -3.67. The van der Waals surface area contributed by atoms with Crippen LogP contribution in [-0.2, 0) is 22.6 Å². The largest absolute Gasteiger partial charge is 0.494 e. The van der Waals surface area contributed by atoms with E-state index in [4.69, 9.17) is 4.74 Å². The van der Waals surface area contributed by atoms with Crippen molar-refractivity contribution in [3.05, 3.63) is 102 Å². The lowest BCUT2D eigenvalue weighted by molar-refractivity contribution is -0.141. The molecule has 2 amide bonds. The second-order valence-electron chi connectivity index (χ2n) is 9.61. The standard InChI is InChI=1S/C31H35FN2O3/c32-26-19-17-25(18-20-26)23-34(30(35)16-9-21-37-28-14-5-2-6-15-28)29(22-24-10-3-1-4-11-24)31(36)33-27-12-7-8-13-27/h1-6,10-11,14-15,17-20,27,29H,7-9,12-13,16,21-23H2,(H,33,36). The zero-order chi connectivity index (χ0) is 25.9. The van der Waals surface area contributed by atoms with Gasteiger partial charge in [0.05, 0.1) is 6.61 Å². The van der Waals surface area contributed by atoms with Crippen LogP contribution in [0.4, 0.5) is 4.39 Å². The maximum atomic E-state index is 13.6. The van der Waals surface area contributed by atoms with E-state index >= 15 is 0 Å². The first-order valence-corrected chi connectivity index (χ1v) is 13.1. The number of rotatable bonds is 12. The van der Waals surface area contributed by atoms with Crippen molar-refractivity contribution in [2.24, 2.45) is 0 Å². The Kier molecular flexibility index (Phi) is 9.69. The summed E-state index contributed by atoms with van der Waals surface area (Å²) in [5.41, 5.74) is 1.76. The quantitative estimate of drug-likeness (QED) is 0.324. The fraction of sp³-hybridized carbons (Fsp3) is 0.355. The topological polar surface area (TPSA) is 58.6 Å². The van der Waals surface area contributed by atoms with Gasteiger partial charge in [-0.15, -0.1) is 0 Å². The van der Waals surface area contributed by atoms with Crippen LogP contribution in [0.25, 0.3) is 0 Å². The molecule has 1 fully saturated rings. The summed E-state index contributed by atoms with van der Waals surface area (Å²) in [6, 6.07) is 24.8. The van der Waals surface area contributed by atoms with Crippen LogP contribution in [-0.4, -0.2) is 35.4 Å². The Morgan fingerprint density at radius 2 is 1.54 bits per heavy atom. The zero-order valence-corrected chi connectivity index (χ0v) is 21.2. The van der Waals surface area contributed by atoms with E-state index < -0.39 is 6.04 Å². The van der Waals surface area contributed by atoms with Gasteiger partial charge in [0.25, 0.3) is 0 Å². The number of amides is 2. The molecule has 1 saturated carbocycles. The molecule has 1 atom stereocenters. The molecule has 0 spiro atoms. The number of carbonyl (C=O) groups excluding carboxylic acids is 2. The molecule has 0 radical (unpaired) electrons. The fourth-order valence-corrected chi connectivity index (χ4v) is 4.78. The molecule has 1 aliphatic rings. The van der Waals surface area contributed by atoms with Gasteiger partial charge in [-0.1, -0.05) is 73.5 Å². The number of nitrogens with zero attached hydrogens (tertiary/aromatic N) is 1. The van der Waals surface area contributed by atoms with E-state index in [0.29, 0.717) is 19.4 Å². The van der Waals surface area contributed by atoms with Gasteiger partial charge in [0.15, 0.2) is 0 Å². The molecule has 1 unspecified atom stereocenters. The maximum Gasteiger partial charge on any atom is 0.243 e. The molecule has 3 aromatic rings. The van der Waals surface area contributed by atoms with Crippen molar-refractivity contribution >= 4 is 11.8 Å². The van der Waals surface area contributed by atoms with Gasteiger partial charge in [-0.3, -0.25) is 9.59 Å². The van der Waals surface area contributed by atoms with Gasteiger partial charge in [-0.05, 0) is 54.7 Å². The van der Waals surface area contributed by atoms with Gasteiger partial charge in [0.1, 0.15) is 17.6 Å². The molecule has 194 valence electrons. The highest BCUT2D eigenvalue weighted by Crippen LogP contribution is 2.21. The minimum absolute atomic E-state index is 0.122. The number of hydrogen-bond donors (Lipinski definition) is 1. The van der Waals surface area contributed by atoms with Crippen molar-refractivity contribution in [3.8, 4) is 5.75 Å². The van der Waals surface area contributed by atoms with Gasteiger partial charge < -0.3 is 15.0 Å². The SMILES string of the molecule is O=C(NC1CCCC1)C(Cc1ccccc1)N(Cc1ccc(F)cc1)C(=O)CCCOc1ccccc1. The molecule has 5 nitrogen and oxygen atoms in total. The Bertz CT molecular complexity index is 1120. The Labute approximate surface area is 218 Å². The Balaban J connectivity index is 1.52. The molecular weight excluding hydrogens is 467 g/mol. The molecule has 0 aliphatic heterocycles. The number of para-hydroxylation sites is 1. The molecule has 0 heterocycles. The monoisotopic (exact) mass is 502 g/mol. The lowest BCUT2D eigenvalue weighted by Crippen LogP contribution is -2.52.